The summed E-state index contributed by atoms with van der Waals surface area (Å²) in [7, 11) is -4.02. The van der Waals surface area contributed by atoms with Gasteiger partial charge in [0.1, 0.15) is 0 Å². The molecule has 2 nitrogen and oxygen atoms in total. The first-order valence-corrected chi connectivity index (χ1v) is 28.9. The van der Waals surface area contributed by atoms with Crippen molar-refractivity contribution in [3.63, 3.8) is 0 Å². The Labute approximate surface area is 395 Å². The summed E-state index contributed by atoms with van der Waals surface area (Å²) >= 11 is 0. The van der Waals surface area contributed by atoms with Crippen LogP contribution in [0.1, 0.15) is 0 Å². The second kappa shape index (κ2) is 16.3. The zero-order chi connectivity index (χ0) is 45.1. The standard InChI is InChI=1S/C63H50N2Si2/c1-66(2,3)53-39-31-46(32-40-53)45-27-34-50(35-28-45)64(51-36-29-47(30-37-51)48-33-41-61-58(43-48)56-23-13-15-25-60(56)65(61)49-17-7-4-8-18-49)52-38-42-63-59(44-52)57-24-14-16-26-62(57)67(63,54-19-9-5-10-20-54)55-21-11-6-12-22-55/h4-44H,1-3H3. The number of para-hydroxylation sites is 2. The SMILES string of the molecule is C[Si](C)(C)c1ccc(-c2ccc(N(c3ccc(-c4ccc5c(c4)c4ccccc4n5-c4ccccc4)cc3)c3ccc4c(c3)-c3ccccc3[Si]4(c3ccccc3)c3ccccc3)cc2)cc1. The molecule has 0 saturated carbocycles. The van der Waals surface area contributed by atoms with E-state index >= 15 is 0 Å². The van der Waals surface area contributed by atoms with Crippen LogP contribution in [0.5, 0.6) is 0 Å². The Bertz CT molecular complexity index is 3530. The second-order valence-corrected chi connectivity index (χ2v) is 27.7. The summed E-state index contributed by atoms with van der Waals surface area (Å²) in [5.74, 6) is 0. The number of nitrogens with zero attached hydrogens (tertiary/aromatic N) is 2. The normalized spacial score (nSPS) is 12.8. The minimum Gasteiger partial charge on any atom is -0.310 e. The zero-order valence-electron chi connectivity index (χ0n) is 38.1. The lowest BCUT2D eigenvalue weighted by Crippen LogP contribution is -2.72. The molecule has 4 heteroatoms. The van der Waals surface area contributed by atoms with Gasteiger partial charge in [0, 0.05) is 33.5 Å². The molecule has 320 valence electrons. The van der Waals surface area contributed by atoms with Crippen molar-refractivity contribution in [3.05, 3.63) is 249 Å². The molecule has 1 aromatic heterocycles. The van der Waals surface area contributed by atoms with E-state index in [9.17, 15) is 0 Å². The fraction of sp³-hybridized carbons (Fsp3) is 0.0476. The largest absolute Gasteiger partial charge is 0.310 e. The lowest BCUT2D eigenvalue weighted by molar-refractivity contribution is 1.18. The monoisotopic (exact) mass is 890 g/mol. The summed E-state index contributed by atoms with van der Waals surface area (Å²) in [4.78, 5) is 2.44. The van der Waals surface area contributed by atoms with E-state index in [0.717, 1.165) is 17.1 Å². The average Bonchev–Trinajstić information content (AvgIpc) is 3.88. The van der Waals surface area contributed by atoms with Crippen LogP contribution in [0.3, 0.4) is 0 Å². The number of anilines is 3. The van der Waals surface area contributed by atoms with Gasteiger partial charge in [-0.05, 0) is 121 Å². The van der Waals surface area contributed by atoms with Gasteiger partial charge in [0.05, 0.1) is 19.1 Å². The van der Waals surface area contributed by atoms with Gasteiger partial charge in [-0.15, -0.1) is 0 Å². The molecule has 0 spiro atoms. The maximum Gasteiger partial charge on any atom is 0.180 e. The predicted octanol–water partition coefficient (Wildman–Crippen LogP) is 13.5. The molecule has 0 aliphatic carbocycles. The van der Waals surface area contributed by atoms with Crippen LogP contribution in [-0.2, 0) is 0 Å². The summed E-state index contributed by atoms with van der Waals surface area (Å²) in [6.07, 6.45) is 0. The van der Waals surface area contributed by atoms with Crippen molar-refractivity contribution in [2.24, 2.45) is 0 Å². The Morgan fingerprint density at radius 2 is 0.836 bits per heavy atom. The molecule has 0 N–H and O–H groups in total. The van der Waals surface area contributed by atoms with Crippen molar-refractivity contribution < 1.29 is 0 Å². The van der Waals surface area contributed by atoms with Crippen LogP contribution in [0, 0.1) is 0 Å². The summed E-state index contributed by atoms with van der Waals surface area (Å²) in [5, 5.41) is 9.68. The number of benzene rings is 10. The molecule has 0 amide bonds. The van der Waals surface area contributed by atoms with Crippen molar-refractivity contribution in [1.29, 1.82) is 0 Å². The molecule has 0 bridgehead atoms. The number of rotatable bonds is 9. The second-order valence-electron chi connectivity index (χ2n) is 18.9. The molecule has 0 radical (unpaired) electrons. The highest BCUT2D eigenvalue weighted by atomic mass is 28.3. The highest BCUT2D eigenvalue weighted by Crippen LogP contribution is 2.41. The quantitative estimate of drug-likeness (QED) is 0.131. The summed E-state index contributed by atoms with van der Waals surface area (Å²) in [6, 6.07) is 92.9. The smallest absolute Gasteiger partial charge is 0.180 e. The van der Waals surface area contributed by atoms with Gasteiger partial charge >= 0.3 is 0 Å². The van der Waals surface area contributed by atoms with E-state index in [-0.39, 0.29) is 0 Å². The minimum absolute atomic E-state index is 1.11. The molecule has 2 heterocycles. The molecular weight excluding hydrogens is 841 g/mol. The number of hydrogen-bond acceptors (Lipinski definition) is 1. The van der Waals surface area contributed by atoms with Gasteiger partial charge in [-0.25, -0.2) is 0 Å². The Hall–Kier alpha value is -7.77. The molecular formula is C63H50N2Si2. The molecule has 0 unspecified atom stereocenters. The van der Waals surface area contributed by atoms with Crippen molar-refractivity contribution in [2.75, 3.05) is 4.90 Å². The van der Waals surface area contributed by atoms with E-state index in [1.807, 2.05) is 0 Å². The highest BCUT2D eigenvalue weighted by Gasteiger charge is 2.48. The van der Waals surface area contributed by atoms with Gasteiger partial charge in [0.25, 0.3) is 0 Å². The third kappa shape index (κ3) is 6.83. The van der Waals surface area contributed by atoms with Crippen LogP contribution in [0.25, 0.3) is 60.9 Å². The molecule has 10 aromatic carbocycles. The highest BCUT2D eigenvalue weighted by molar-refractivity contribution is 7.22. The Morgan fingerprint density at radius 1 is 0.358 bits per heavy atom. The summed E-state index contributed by atoms with van der Waals surface area (Å²) in [5.41, 5.74) is 14.4. The molecule has 12 rings (SSSR count). The minimum atomic E-state index is -2.62. The van der Waals surface area contributed by atoms with E-state index in [0.29, 0.717) is 0 Å². The van der Waals surface area contributed by atoms with E-state index < -0.39 is 16.1 Å². The van der Waals surface area contributed by atoms with E-state index in [1.165, 1.54) is 86.8 Å². The van der Waals surface area contributed by atoms with Crippen molar-refractivity contribution in [3.8, 4) is 39.1 Å². The van der Waals surface area contributed by atoms with Gasteiger partial charge < -0.3 is 9.47 Å². The zero-order valence-corrected chi connectivity index (χ0v) is 40.1. The Balaban J connectivity index is 0.990. The lowest BCUT2D eigenvalue weighted by atomic mass is 10.0. The fourth-order valence-electron chi connectivity index (χ4n) is 10.8. The molecule has 0 saturated heterocycles. The van der Waals surface area contributed by atoms with E-state index in [1.54, 1.807) is 0 Å². The predicted molar refractivity (Wildman–Crippen MR) is 292 cm³/mol. The van der Waals surface area contributed by atoms with Crippen LogP contribution in [-0.4, -0.2) is 20.7 Å². The van der Waals surface area contributed by atoms with Crippen molar-refractivity contribution in [1.82, 2.24) is 4.57 Å². The summed E-state index contributed by atoms with van der Waals surface area (Å²) < 4.78 is 2.38. The van der Waals surface area contributed by atoms with E-state index in [4.69, 9.17) is 0 Å². The van der Waals surface area contributed by atoms with Crippen molar-refractivity contribution in [2.45, 2.75) is 19.6 Å². The third-order valence-corrected chi connectivity index (χ3v) is 21.0. The van der Waals surface area contributed by atoms with Crippen LogP contribution < -0.4 is 30.8 Å². The molecule has 1 aliphatic heterocycles. The van der Waals surface area contributed by atoms with Crippen LogP contribution in [0.4, 0.5) is 17.1 Å². The van der Waals surface area contributed by atoms with Gasteiger partial charge in [-0.2, -0.15) is 0 Å². The topological polar surface area (TPSA) is 8.17 Å². The van der Waals surface area contributed by atoms with Gasteiger partial charge in [-0.3, -0.25) is 0 Å². The number of aromatic nitrogens is 1. The first-order valence-electron chi connectivity index (χ1n) is 23.4. The van der Waals surface area contributed by atoms with Crippen LogP contribution in [0.15, 0.2) is 249 Å². The molecule has 0 atom stereocenters. The van der Waals surface area contributed by atoms with Crippen molar-refractivity contribution >= 4 is 80.9 Å². The fourth-order valence-corrected chi connectivity index (χ4v) is 17.1. The van der Waals surface area contributed by atoms with Gasteiger partial charge in [-0.1, -0.05) is 207 Å². The Kier molecular flexibility index (Phi) is 9.90. The van der Waals surface area contributed by atoms with Gasteiger partial charge in [0.15, 0.2) is 8.07 Å². The molecule has 11 aromatic rings. The maximum absolute atomic E-state index is 2.62. The lowest BCUT2D eigenvalue weighted by Gasteiger charge is -2.32. The first-order chi connectivity index (χ1) is 32.9. The Morgan fingerprint density at radius 3 is 1.46 bits per heavy atom. The maximum atomic E-state index is 2.46. The van der Waals surface area contributed by atoms with Gasteiger partial charge in [0.2, 0.25) is 0 Å². The summed E-state index contributed by atoms with van der Waals surface area (Å²) in [6.45, 7) is 7.22. The first kappa shape index (κ1) is 40.7. The van der Waals surface area contributed by atoms with Crippen LogP contribution >= 0.6 is 0 Å². The number of hydrogen-bond donors (Lipinski definition) is 0. The van der Waals surface area contributed by atoms with E-state index in [2.05, 4.69) is 278 Å². The molecule has 0 fully saturated rings. The third-order valence-electron chi connectivity index (χ3n) is 14.1. The molecule has 1 aliphatic rings. The number of fused-ring (bicyclic) bond motifs is 6. The van der Waals surface area contributed by atoms with Crippen LogP contribution in [0.2, 0.25) is 19.6 Å². The average molecular weight is 891 g/mol. The molecule has 67 heavy (non-hydrogen) atoms.